The average Bonchev–Trinajstić information content (AvgIpc) is 2.39. The minimum atomic E-state index is -0.819. The van der Waals surface area contributed by atoms with E-state index in [0.29, 0.717) is 16.9 Å². The minimum absolute atomic E-state index is 0.317. The number of aliphatic hydroxyl groups excluding tert-OH is 1. The first-order valence-electron chi connectivity index (χ1n) is 5.70. The fourth-order valence-corrected chi connectivity index (χ4v) is 1.89. The number of hydrogen-bond donors (Lipinski definition) is 1. The van der Waals surface area contributed by atoms with Crippen molar-refractivity contribution < 1.29 is 14.2 Å². The third-order valence-corrected chi connectivity index (χ3v) is 2.87. The molecule has 2 aromatic rings. The maximum Gasteiger partial charge on any atom is 0.125 e. The van der Waals surface area contributed by atoms with E-state index in [9.17, 15) is 9.50 Å². The zero-order chi connectivity index (χ0) is 13.1. The van der Waals surface area contributed by atoms with Crippen molar-refractivity contribution in [2.75, 3.05) is 7.11 Å². The lowest BCUT2D eigenvalue weighted by molar-refractivity contribution is 0.214. The van der Waals surface area contributed by atoms with E-state index >= 15 is 0 Å². The highest BCUT2D eigenvalue weighted by Crippen LogP contribution is 2.30. The molecule has 2 rings (SSSR count). The number of ether oxygens (including phenoxy) is 1. The molecule has 0 aliphatic rings. The van der Waals surface area contributed by atoms with Crippen LogP contribution in [-0.2, 0) is 0 Å². The summed E-state index contributed by atoms with van der Waals surface area (Å²) >= 11 is 0. The summed E-state index contributed by atoms with van der Waals surface area (Å²) in [5.41, 5.74) is 2.36. The lowest BCUT2D eigenvalue weighted by atomic mass is 9.99. The fraction of sp³-hybridized carbons (Fsp3) is 0.200. The van der Waals surface area contributed by atoms with Crippen LogP contribution in [-0.4, -0.2) is 12.2 Å². The lowest BCUT2D eigenvalue weighted by Gasteiger charge is -2.16. The van der Waals surface area contributed by atoms with E-state index in [1.807, 2.05) is 25.1 Å². The van der Waals surface area contributed by atoms with Gasteiger partial charge in [-0.2, -0.15) is 0 Å². The second-order valence-electron chi connectivity index (χ2n) is 4.20. The molecule has 18 heavy (non-hydrogen) atoms. The van der Waals surface area contributed by atoms with Crippen molar-refractivity contribution in [3.8, 4) is 5.75 Å². The molecular formula is C15H15FO2. The summed E-state index contributed by atoms with van der Waals surface area (Å²) in [6, 6.07) is 11.4. The Hall–Kier alpha value is -1.87. The van der Waals surface area contributed by atoms with Crippen LogP contribution in [0.25, 0.3) is 0 Å². The fourth-order valence-electron chi connectivity index (χ4n) is 1.89. The van der Waals surface area contributed by atoms with Crippen LogP contribution in [0.5, 0.6) is 5.75 Å². The second kappa shape index (κ2) is 5.19. The molecule has 0 saturated carbocycles. The van der Waals surface area contributed by atoms with E-state index in [2.05, 4.69) is 0 Å². The maximum absolute atomic E-state index is 12.9. The van der Waals surface area contributed by atoms with Gasteiger partial charge in [0.15, 0.2) is 0 Å². The van der Waals surface area contributed by atoms with Crippen molar-refractivity contribution in [1.82, 2.24) is 0 Å². The van der Waals surface area contributed by atoms with Gasteiger partial charge in [0.05, 0.1) is 7.11 Å². The number of hydrogen-bond acceptors (Lipinski definition) is 2. The number of aryl methyl sites for hydroxylation is 1. The minimum Gasteiger partial charge on any atom is -0.496 e. The Kier molecular flexibility index (Phi) is 3.63. The predicted molar refractivity (Wildman–Crippen MR) is 68.2 cm³/mol. The van der Waals surface area contributed by atoms with Crippen molar-refractivity contribution in [3.05, 3.63) is 65.0 Å². The first-order chi connectivity index (χ1) is 8.61. The van der Waals surface area contributed by atoms with E-state index in [-0.39, 0.29) is 5.82 Å². The van der Waals surface area contributed by atoms with Crippen LogP contribution in [0.4, 0.5) is 4.39 Å². The SMILES string of the molecule is COc1ccc(C)cc1C(O)c1ccc(F)cc1. The van der Waals surface area contributed by atoms with Crippen LogP contribution in [0, 0.1) is 12.7 Å². The maximum atomic E-state index is 12.9. The molecule has 0 heterocycles. The monoisotopic (exact) mass is 246 g/mol. The number of aliphatic hydroxyl groups is 1. The molecule has 0 radical (unpaired) electrons. The molecule has 2 aromatic carbocycles. The van der Waals surface area contributed by atoms with Crippen molar-refractivity contribution in [2.45, 2.75) is 13.0 Å². The Bertz CT molecular complexity index is 535. The summed E-state index contributed by atoms with van der Waals surface area (Å²) < 4.78 is 18.1. The average molecular weight is 246 g/mol. The van der Waals surface area contributed by atoms with Gasteiger partial charge < -0.3 is 9.84 Å². The largest absolute Gasteiger partial charge is 0.496 e. The topological polar surface area (TPSA) is 29.5 Å². The van der Waals surface area contributed by atoms with Gasteiger partial charge in [-0.15, -0.1) is 0 Å². The van der Waals surface area contributed by atoms with Crippen LogP contribution in [0.1, 0.15) is 22.8 Å². The van der Waals surface area contributed by atoms with Gasteiger partial charge in [-0.3, -0.25) is 0 Å². The summed E-state index contributed by atoms with van der Waals surface area (Å²) in [6.07, 6.45) is -0.819. The molecule has 0 aromatic heterocycles. The van der Waals surface area contributed by atoms with Gasteiger partial charge in [-0.05, 0) is 36.8 Å². The number of rotatable bonds is 3. The molecule has 0 fully saturated rings. The Labute approximate surface area is 106 Å². The molecule has 1 atom stereocenters. The Balaban J connectivity index is 2.41. The van der Waals surface area contributed by atoms with Crippen LogP contribution >= 0.6 is 0 Å². The summed E-state index contributed by atoms with van der Waals surface area (Å²) in [7, 11) is 1.56. The highest BCUT2D eigenvalue weighted by molar-refractivity contribution is 5.42. The normalized spacial score (nSPS) is 12.2. The second-order valence-corrected chi connectivity index (χ2v) is 4.20. The van der Waals surface area contributed by atoms with Gasteiger partial charge >= 0.3 is 0 Å². The van der Waals surface area contributed by atoms with Gasteiger partial charge in [-0.25, -0.2) is 4.39 Å². The summed E-state index contributed by atoms with van der Waals surface area (Å²) in [5, 5.41) is 10.3. The third-order valence-electron chi connectivity index (χ3n) is 2.87. The van der Waals surface area contributed by atoms with Crippen molar-refractivity contribution >= 4 is 0 Å². The predicted octanol–water partition coefficient (Wildman–Crippen LogP) is 3.22. The highest BCUT2D eigenvalue weighted by Gasteiger charge is 2.15. The molecule has 1 N–H and O–H groups in total. The smallest absolute Gasteiger partial charge is 0.125 e. The molecule has 0 amide bonds. The van der Waals surface area contributed by atoms with E-state index in [1.54, 1.807) is 19.2 Å². The van der Waals surface area contributed by atoms with Crippen LogP contribution < -0.4 is 4.74 Å². The van der Waals surface area contributed by atoms with Crippen molar-refractivity contribution in [3.63, 3.8) is 0 Å². The molecule has 0 bridgehead atoms. The van der Waals surface area contributed by atoms with Crippen molar-refractivity contribution in [2.24, 2.45) is 0 Å². The molecule has 0 saturated heterocycles. The molecule has 94 valence electrons. The molecule has 0 aliphatic carbocycles. The molecule has 0 aliphatic heterocycles. The molecule has 2 nitrogen and oxygen atoms in total. The first-order valence-corrected chi connectivity index (χ1v) is 5.70. The summed E-state index contributed by atoms with van der Waals surface area (Å²) in [6.45, 7) is 1.94. The Morgan fingerprint density at radius 1 is 1.11 bits per heavy atom. The van der Waals surface area contributed by atoms with Gasteiger partial charge in [-0.1, -0.05) is 23.8 Å². The zero-order valence-electron chi connectivity index (χ0n) is 10.4. The third kappa shape index (κ3) is 2.51. The highest BCUT2D eigenvalue weighted by atomic mass is 19.1. The van der Waals surface area contributed by atoms with Crippen LogP contribution in [0.3, 0.4) is 0 Å². The van der Waals surface area contributed by atoms with Gasteiger partial charge in [0.2, 0.25) is 0 Å². The summed E-state index contributed by atoms with van der Waals surface area (Å²) in [4.78, 5) is 0. The van der Waals surface area contributed by atoms with Crippen LogP contribution in [0.2, 0.25) is 0 Å². The van der Waals surface area contributed by atoms with Gasteiger partial charge in [0.25, 0.3) is 0 Å². The number of methoxy groups -OCH3 is 1. The Morgan fingerprint density at radius 2 is 1.78 bits per heavy atom. The summed E-state index contributed by atoms with van der Waals surface area (Å²) in [5.74, 6) is 0.305. The van der Waals surface area contributed by atoms with E-state index in [4.69, 9.17) is 4.74 Å². The number of halogens is 1. The first kappa shape index (κ1) is 12.6. The van der Waals surface area contributed by atoms with E-state index in [1.165, 1.54) is 12.1 Å². The molecule has 1 unspecified atom stereocenters. The number of benzene rings is 2. The Morgan fingerprint density at radius 3 is 2.39 bits per heavy atom. The van der Waals surface area contributed by atoms with Crippen molar-refractivity contribution in [1.29, 1.82) is 0 Å². The lowest BCUT2D eigenvalue weighted by Crippen LogP contribution is -2.03. The van der Waals surface area contributed by atoms with Crippen LogP contribution in [0.15, 0.2) is 42.5 Å². The zero-order valence-corrected chi connectivity index (χ0v) is 10.4. The molecule has 3 heteroatoms. The van der Waals surface area contributed by atoms with E-state index < -0.39 is 6.10 Å². The standard InChI is InChI=1S/C15H15FO2/c1-10-3-8-14(18-2)13(9-10)15(17)11-4-6-12(16)7-5-11/h3-9,15,17H,1-2H3. The van der Waals surface area contributed by atoms with Gasteiger partial charge in [0.1, 0.15) is 17.7 Å². The van der Waals surface area contributed by atoms with Gasteiger partial charge in [0, 0.05) is 5.56 Å². The van der Waals surface area contributed by atoms with E-state index in [0.717, 1.165) is 5.56 Å². The molecule has 0 spiro atoms. The quantitative estimate of drug-likeness (QED) is 0.901. The molecular weight excluding hydrogens is 231 g/mol.